The van der Waals surface area contributed by atoms with Gasteiger partial charge in [-0.05, 0) is 0 Å². The van der Waals surface area contributed by atoms with E-state index in [-0.39, 0.29) is 0 Å². The molecule has 33 heavy (non-hydrogen) atoms. The molecule has 0 spiro atoms. The molecule has 0 aromatic rings. The monoisotopic (exact) mass is 572 g/mol. The molecule has 0 unspecified atom stereocenters. The molecule has 0 amide bonds. The number of rotatable bonds is 16. The van der Waals surface area contributed by atoms with Crippen LogP contribution in [0.3, 0.4) is 0 Å². The number of hydrogen-bond donors (Lipinski definition) is 0. The molecule has 184 valence electrons. The minimum absolute atomic E-state index is 0.607. The van der Waals surface area contributed by atoms with Gasteiger partial charge in [0, 0.05) is 0 Å². The Bertz CT molecular complexity index is 611. The Labute approximate surface area is 202 Å². The third kappa shape index (κ3) is 16.0. The molecule has 0 heterocycles. The molecule has 0 aromatic carbocycles. The van der Waals surface area contributed by atoms with Crippen molar-refractivity contribution in [3.63, 3.8) is 0 Å². The van der Waals surface area contributed by atoms with Crippen LogP contribution in [0.4, 0.5) is 0 Å². The predicted molar refractivity (Wildman–Crippen MR) is 126 cm³/mol. The van der Waals surface area contributed by atoms with Gasteiger partial charge in [0.05, 0.1) is 0 Å². The van der Waals surface area contributed by atoms with Crippen molar-refractivity contribution >= 4 is 43.9 Å². The zero-order valence-corrected chi connectivity index (χ0v) is 22.9. The van der Waals surface area contributed by atoms with Gasteiger partial charge in [0.15, 0.2) is 0 Å². The number of unbranched alkanes of at least 4 members (excludes halogenated alkanes) is 4. The number of carbonyl (C=O) groups is 4. The van der Waals surface area contributed by atoms with Crippen LogP contribution in [-0.2, 0) is 31.5 Å². The molecule has 0 saturated heterocycles. The molecule has 0 aromatic heterocycles. The summed E-state index contributed by atoms with van der Waals surface area (Å²) < 4.78 is 21.1. The molecule has 0 fully saturated rings. The van der Waals surface area contributed by atoms with E-state index in [4.69, 9.17) is 12.3 Å². The van der Waals surface area contributed by atoms with Gasteiger partial charge in [0.1, 0.15) is 0 Å². The van der Waals surface area contributed by atoms with Crippen LogP contribution in [0.1, 0.15) is 79.1 Å². The Balaban J connectivity index is 5.99. The summed E-state index contributed by atoms with van der Waals surface area (Å²) in [4.78, 5) is 49.5. The van der Waals surface area contributed by atoms with Gasteiger partial charge in [-0.3, -0.25) is 0 Å². The molecule has 0 saturated carbocycles. The van der Waals surface area contributed by atoms with Crippen molar-refractivity contribution in [2.75, 3.05) is 0 Å². The second kappa shape index (κ2) is 19.1. The van der Waals surface area contributed by atoms with E-state index in [1.807, 2.05) is 27.7 Å². The third-order valence-electron chi connectivity index (χ3n) is 3.74. The normalized spacial score (nSPS) is 13.5. The van der Waals surface area contributed by atoms with Crippen molar-refractivity contribution < 1.29 is 31.5 Å². The van der Waals surface area contributed by atoms with Crippen molar-refractivity contribution in [2.24, 2.45) is 0 Å². The van der Waals surface area contributed by atoms with Crippen molar-refractivity contribution in [3.05, 3.63) is 48.6 Å². The van der Waals surface area contributed by atoms with E-state index in [1.165, 1.54) is 0 Å². The molecule has 0 N–H and O–H groups in total. The maximum atomic E-state index is 12.4. The third-order valence-corrected chi connectivity index (χ3v) is 8.89. The summed E-state index contributed by atoms with van der Waals surface area (Å²) in [6.45, 7) is 7.72. The molecule has 0 rings (SSSR count). The fraction of sp³-hybridized carbons (Fsp3) is 0.500. The molecule has 0 atom stereocenters. The van der Waals surface area contributed by atoms with Crippen molar-refractivity contribution in [3.8, 4) is 0 Å². The number of hydrogen-bond acceptors (Lipinski definition) is 8. The summed E-state index contributed by atoms with van der Waals surface area (Å²) >= 11 is -5.85. The van der Waals surface area contributed by atoms with E-state index >= 15 is 0 Å². The topological polar surface area (TPSA) is 105 Å². The van der Waals surface area contributed by atoms with E-state index in [9.17, 15) is 19.2 Å². The van der Waals surface area contributed by atoms with E-state index in [0.717, 1.165) is 50.0 Å². The van der Waals surface area contributed by atoms with Crippen LogP contribution in [0.25, 0.3) is 0 Å². The van der Waals surface area contributed by atoms with Crippen LogP contribution < -0.4 is 0 Å². The molecule has 0 aliphatic carbocycles. The predicted octanol–water partition coefficient (Wildman–Crippen LogP) is 5.02. The van der Waals surface area contributed by atoms with Gasteiger partial charge in [-0.1, -0.05) is 0 Å². The van der Waals surface area contributed by atoms with E-state index < -0.39 is 43.9 Å². The maximum absolute atomic E-state index is 12.4. The first-order valence-electron chi connectivity index (χ1n) is 11.4. The van der Waals surface area contributed by atoms with Gasteiger partial charge in [0.2, 0.25) is 0 Å². The van der Waals surface area contributed by atoms with Gasteiger partial charge in [0.25, 0.3) is 0 Å². The quantitative estimate of drug-likeness (QED) is 0.188. The Kier molecular flexibility index (Phi) is 17.8. The van der Waals surface area contributed by atoms with E-state index in [1.54, 1.807) is 24.3 Å². The van der Waals surface area contributed by atoms with E-state index in [2.05, 4.69) is 0 Å². The van der Waals surface area contributed by atoms with Crippen LogP contribution >= 0.6 is 0 Å². The van der Waals surface area contributed by atoms with Crippen LogP contribution in [0.15, 0.2) is 48.6 Å². The minimum atomic E-state index is -5.85. The SMILES string of the molecule is CCCC=CC(=O)[O][Sn]([O]C(=O)C=CCCC)([O]C(=O)C=CCCC)[O]C(=O)C=CCCC. The summed E-state index contributed by atoms with van der Waals surface area (Å²) in [5.41, 5.74) is 0. The summed E-state index contributed by atoms with van der Waals surface area (Å²) in [6, 6.07) is 0. The molecule has 0 radical (unpaired) electrons. The Morgan fingerprint density at radius 1 is 0.485 bits per heavy atom. The standard InChI is InChI=1S/4C6H10O2.Sn/c4*1-2-3-4-5-6(7)8;/h4*4-5H,2-3H2,1H3,(H,7,8);/q;;;;+4/p-4. The van der Waals surface area contributed by atoms with Crippen LogP contribution in [-0.4, -0.2) is 43.9 Å². The van der Waals surface area contributed by atoms with Gasteiger partial charge >= 0.3 is 203 Å². The van der Waals surface area contributed by atoms with E-state index in [0.29, 0.717) is 25.7 Å². The summed E-state index contributed by atoms with van der Waals surface area (Å²) in [5, 5.41) is 0. The van der Waals surface area contributed by atoms with Gasteiger partial charge < -0.3 is 0 Å². The zero-order chi connectivity index (χ0) is 25.0. The van der Waals surface area contributed by atoms with Gasteiger partial charge in [-0.25, -0.2) is 0 Å². The second-order valence-corrected chi connectivity index (χ2v) is 12.1. The van der Waals surface area contributed by atoms with Gasteiger partial charge in [-0.15, -0.1) is 0 Å². The summed E-state index contributed by atoms with van der Waals surface area (Å²) in [6.07, 6.45) is 16.4. The van der Waals surface area contributed by atoms with Crippen molar-refractivity contribution in [2.45, 2.75) is 79.1 Å². The molecule has 9 heteroatoms. The van der Waals surface area contributed by atoms with Crippen LogP contribution in [0.2, 0.25) is 0 Å². The second-order valence-electron chi connectivity index (χ2n) is 6.95. The zero-order valence-electron chi connectivity index (χ0n) is 20.0. The Hall–Kier alpha value is -2.36. The Morgan fingerprint density at radius 2 is 0.697 bits per heavy atom. The summed E-state index contributed by atoms with van der Waals surface area (Å²) in [7, 11) is 0. The first kappa shape index (κ1) is 30.6. The first-order chi connectivity index (χ1) is 15.8. The van der Waals surface area contributed by atoms with Crippen LogP contribution in [0, 0.1) is 0 Å². The first-order valence-corrected chi connectivity index (χ1v) is 16.1. The van der Waals surface area contributed by atoms with Crippen molar-refractivity contribution in [1.82, 2.24) is 0 Å². The molecule has 0 bridgehead atoms. The fourth-order valence-corrected chi connectivity index (χ4v) is 6.44. The number of carbonyl (C=O) groups excluding carboxylic acids is 4. The van der Waals surface area contributed by atoms with Gasteiger partial charge in [-0.2, -0.15) is 0 Å². The van der Waals surface area contributed by atoms with Crippen molar-refractivity contribution in [1.29, 1.82) is 0 Å². The molecule has 0 aliphatic rings. The summed E-state index contributed by atoms with van der Waals surface area (Å²) in [5.74, 6) is -3.72. The Morgan fingerprint density at radius 3 is 0.879 bits per heavy atom. The van der Waals surface area contributed by atoms with Crippen LogP contribution in [0.5, 0.6) is 0 Å². The average Bonchev–Trinajstić information content (AvgIpc) is 2.74. The number of allylic oxidation sites excluding steroid dienone is 4. The average molecular weight is 571 g/mol. The molecule has 0 aliphatic heterocycles. The molecular weight excluding hydrogens is 535 g/mol. The fourth-order valence-electron chi connectivity index (χ4n) is 2.14. The molecular formula is C24H36O8Sn. The molecule has 8 nitrogen and oxygen atoms in total.